The molecule has 0 aromatic heterocycles. The molecule has 19 heteroatoms. The SMILES string of the molecule is CCCCCCCCCCCCCCCCCC(=O)OC[C@H](COP(=O)(O)OC[C@@H](O)COP(=O)(O)OC[C@@H](COC(=O)CCCCCCCCCCC(C)C)OC(=O)CCCCCCCCCCCCCCCC)OC(=O)CCCCCCCCCCCCCCCCCCC(C)C. The highest BCUT2D eigenvalue weighted by Crippen LogP contribution is 2.45. The van der Waals surface area contributed by atoms with Crippen molar-refractivity contribution in [2.75, 3.05) is 39.6 Å². The smallest absolute Gasteiger partial charge is 0.462 e. The number of carbonyl (C=O) groups is 4. The van der Waals surface area contributed by atoms with Crippen molar-refractivity contribution in [1.29, 1.82) is 0 Å². The van der Waals surface area contributed by atoms with E-state index in [4.69, 9.17) is 37.0 Å². The number of unbranched alkanes of at least 4 members (excludes halogenated alkanes) is 49. The summed E-state index contributed by atoms with van der Waals surface area (Å²) in [6.45, 7) is 9.63. The minimum atomic E-state index is -4.96. The Balaban J connectivity index is 5.25. The van der Waals surface area contributed by atoms with Crippen molar-refractivity contribution in [3.05, 3.63) is 0 Å². The van der Waals surface area contributed by atoms with Gasteiger partial charge in [-0.3, -0.25) is 37.3 Å². The van der Waals surface area contributed by atoms with Crippen LogP contribution in [0.25, 0.3) is 0 Å². The van der Waals surface area contributed by atoms with E-state index >= 15 is 0 Å². The number of ether oxygens (including phenoxy) is 4. The molecule has 0 saturated heterocycles. The highest BCUT2D eigenvalue weighted by Gasteiger charge is 2.30. The molecule has 2 unspecified atom stereocenters. The first kappa shape index (κ1) is 97.1. The zero-order chi connectivity index (χ0) is 72.8. The first-order valence-electron chi connectivity index (χ1n) is 41.5. The van der Waals surface area contributed by atoms with Crippen molar-refractivity contribution in [2.24, 2.45) is 11.8 Å². The topological polar surface area (TPSA) is 237 Å². The standard InChI is InChI=1S/C80H156O17P2/c1-7-9-11-13-15-17-19-21-25-30-33-37-44-50-56-62-77(82)90-68-75(96-80(85)65-59-53-47-39-35-31-27-24-23-26-28-32-36-42-48-54-60-72(3)4)70-94-98(86,87)92-66-74(81)67-93-99(88,89)95-71-76(69-91-78(83)63-57-51-45-41-40-43-49-55-61-73(5)6)97-79(84)64-58-52-46-38-34-29-22-20-18-16-14-12-10-8-2/h72-76,81H,7-71H2,1-6H3,(H,86,87)(H,88,89)/t74-,75-,76-/m1/s1. The van der Waals surface area contributed by atoms with Crippen molar-refractivity contribution in [3.8, 4) is 0 Å². The second kappa shape index (κ2) is 71.7. The lowest BCUT2D eigenvalue weighted by atomic mass is 10.0. The minimum absolute atomic E-state index is 0.108. The van der Waals surface area contributed by atoms with Gasteiger partial charge in [0.25, 0.3) is 0 Å². The van der Waals surface area contributed by atoms with Crippen LogP contribution in [0, 0.1) is 11.8 Å². The third kappa shape index (κ3) is 74.1. The van der Waals surface area contributed by atoms with Crippen molar-refractivity contribution in [1.82, 2.24) is 0 Å². The number of aliphatic hydroxyl groups is 1. The number of hydrogen-bond donors (Lipinski definition) is 3. The minimum Gasteiger partial charge on any atom is -0.462 e. The fourth-order valence-electron chi connectivity index (χ4n) is 12.4. The largest absolute Gasteiger partial charge is 0.472 e. The number of hydrogen-bond acceptors (Lipinski definition) is 15. The Hall–Kier alpha value is -1.94. The molecule has 99 heavy (non-hydrogen) atoms. The zero-order valence-corrected chi connectivity index (χ0v) is 66.6. The Kier molecular flexibility index (Phi) is 70.3. The maximum absolute atomic E-state index is 13.1. The first-order chi connectivity index (χ1) is 47.9. The summed E-state index contributed by atoms with van der Waals surface area (Å²) in [4.78, 5) is 73.0. The van der Waals surface area contributed by atoms with Crippen molar-refractivity contribution < 1.29 is 80.2 Å². The van der Waals surface area contributed by atoms with E-state index in [1.54, 1.807) is 0 Å². The van der Waals surface area contributed by atoms with Crippen LogP contribution in [0.3, 0.4) is 0 Å². The molecule has 0 rings (SSSR count). The van der Waals surface area contributed by atoms with E-state index in [0.29, 0.717) is 25.7 Å². The molecule has 0 aromatic rings. The van der Waals surface area contributed by atoms with Crippen LogP contribution in [0.1, 0.15) is 420 Å². The van der Waals surface area contributed by atoms with Crippen molar-refractivity contribution in [3.63, 3.8) is 0 Å². The number of esters is 4. The monoisotopic (exact) mass is 1450 g/mol. The van der Waals surface area contributed by atoms with Gasteiger partial charge in [0.1, 0.15) is 19.3 Å². The number of rotatable bonds is 79. The lowest BCUT2D eigenvalue weighted by Crippen LogP contribution is -2.30. The van der Waals surface area contributed by atoms with E-state index in [0.717, 1.165) is 102 Å². The molecule has 0 fully saturated rings. The summed E-state index contributed by atoms with van der Waals surface area (Å²) < 4.78 is 68.7. The molecule has 0 aliphatic carbocycles. The first-order valence-corrected chi connectivity index (χ1v) is 44.5. The van der Waals surface area contributed by atoms with Gasteiger partial charge in [-0.1, -0.05) is 369 Å². The Morgan fingerprint density at radius 3 is 0.687 bits per heavy atom. The average molecular weight is 1450 g/mol. The Bertz CT molecular complexity index is 1910. The lowest BCUT2D eigenvalue weighted by Gasteiger charge is -2.21. The van der Waals surface area contributed by atoms with Gasteiger partial charge < -0.3 is 33.8 Å². The van der Waals surface area contributed by atoms with E-state index in [1.165, 1.54) is 238 Å². The second-order valence-electron chi connectivity index (χ2n) is 29.8. The molecule has 0 heterocycles. The molecule has 17 nitrogen and oxygen atoms in total. The van der Waals surface area contributed by atoms with Gasteiger partial charge in [0.05, 0.1) is 26.4 Å². The van der Waals surface area contributed by atoms with Crippen LogP contribution in [-0.2, 0) is 65.4 Å². The van der Waals surface area contributed by atoms with Crippen molar-refractivity contribution >= 4 is 39.5 Å². The van der Waals surface area contributed by atoms with Gasteiger partial charge in [-0.25, -0.2) is 9.13 Å². The van der Waals surface area contributed by atoms with Crippen LogP contribution >= 0.6 is 15.6 Å². The summed E-state index contributed by atoms with van der Waals surface area (Å²) in [7, 11) is -9.92. The Morgan fingerprint density at radius 1 is 0.273 bits per heavy atom. The molecule has 0 aliphatic rings. The average Bonchev–Trinajstić information content (AvgIpc) is 1.42. The van der Waals surface area contributed by atoms with Gasteiger partial charge in [-0.2, -0.15) is 0 Å². The predicted octanol–water partition coefficient (Wildman–Crippen LogP) is 23.9. The third-order valence-corrected chi connectivity index (χ3v) is 20.6. The van der Waals surface area contributed by atoms with Crippen LogP contribution < -0.4 is 0 Å². The molecule has 0 amide bonds. The van der Waals surface area contributed by atoms with Crippen LogP contribution in [0.4, 0.5) is 0 Å². The third-order valence-electron chi connectivity index (χ3n) is 18.7. The van der Waals surface area contributed by atoms with Gasteiger partial charge >= 0.3 is 39.5 Å². The highest BCUT2D eigenvalue weighted by molar-refractivity contribution is 7.47. The molecule has 0 bridgehead atoms. The van der Waals surface area contributed by atoms with Crippen LogP contribution in [-0.4, -0.2) is 96.7 Å². The summed E-state index contributed by atoms with van der Waals surface area (Å²) in [5.41, 5.74) is 0. The number of phosphoric ester groups is 2. The molecule has 3 N–H and O–H groups in total. The van der Waals surface area contributed by atoms with Crippen molar-refractivity contribution in [2.45, 2.75) is 439 Å². The van der Waals surface area contributed by atoms with Gasteiger partial charge in [0.15, 0.2) is 12.2 Å². The van der Waals surface area contributed by atoms with E-state index in [2.05, 4.69) is 41.5 Å². The molecular weight excluding hydrogens is 1290 g/mol. The molecule has 0 radical (unpaired) electrons. The molecule has 0 aromatic carbocycles. The summed E-state index contributed by atoms with van der Waals surface area (Å²) in [5.74, 6) is -0.572. The number of phosphoric acid groups is 2. The summed E-state index contributed by atoms with van der Waals surface area (Å²) in [5, 5.41) is 10.6. The van der Waals surface area contributed by atoms with Gasteiger partial charge in [-0.05, 0) is 37.5 Å². The van der Waals surface area contributed by atoms with E-state index in [-0.39, 0.29) is 25.7 Å². The Morgan fingerprint density at radius 2 is 0.465 bits per heavy atom. The normalized spacial score (nSPS) is 13.9. The summed E-state index contributed by atoms with van der Waals surface area (Å²) in [6, 6.07) is 0. The van der Waals surface area contributed by atoms with Crippen LogP contribution in [0.15, 0.2) is 0 Å². The lowest BCUT2D eigenvalue weighted by molar-refractivity contribution is -0.161. The molecule has 0 spiro atoms. The molecular formula is C80H156O17P2. The van der Waals surface area contributed by atoms with Gasteiger partial charge in [-0.15, -0.1) is 0 Å². The van der Waals surface area contributed by atoms with Gasteiger partial charge in [0, 0.05) is 25.7 Å². The zero-order valence-electron chi connectivity index (χ0n) is 64.8. The fraction of sp³-hybridized carbons (Fsp3) is 0.950. The second-order valence-corrected chi connectivity index (χ2v) is 32.7. The number of carbonyl (C=O) groups excluding carboxylic acids is 4. The quantitative estimate of drug-likeness (QED) is 0.0222. The van der Waals surface area contributed by atoms with E-state index < -0.39 is 97.5 Å². The maximum atomic E-state index is 13.1. The van der Waals surface area contributed by atoms with Crippen LogP contribution in [0.2, 0.25) is 0 Å². The molecule has 0 saturated carbocycles. The van der Waals surface area contributed by atoms with Crippen LogP contribution in [0.5, 0.6) is 0 Å². The predicted molar refractivity (Wildman–Crippen MR) is 405 cm³/mol. The van der Waals surface area contributed by atoms with Gasteiger partial charge in [0.2, 0.25) is 0 Å². The molecule has 588 valence electrons. The Labute approximate surface area is 607 Å². The molecule has 5 atom stereocenters. The van der Waals surface area contributed by atoms with E-state index in [1.807, 2.05) is 0 Å². The fourth-order valence-corrected chi connectivity index (χ4v) is 13.9. The molecule has 0 aliphatic heterocycles. The maximum Gasteiger partial charge on any atom is 0.472 e. The summed E-state index contributed by atoms with van der Waals surface area (Å²) in [6.07, 6.45) is 61.0. The van der Waals surface area contributed by atoms with E-state index in [9.17, 15) is 43.2 Å². The number of aliphatic hydroxyl groups excluding tert-OH is 1. The highest BCUT2D eigenvalue weighted by atomic mass is 31.2. The summed E-state index contributed by atoms with van der Waals surface area (Å²) >= 11 is 0.